The van der Waals surface area contributed by atoms with Crippen LogP contribution < -0.4 is 12.4 Å². The van der Waals surface area contributed by atoms with Crippen LogP contribution in [0.15, 0.2) is 0 Å². The fourth-order valence-electron chi connectivity index (χ4n) is 0.300. The molecule has 0 radical (unpaired) electrons. The zero-order chi connectivity index (χ0) is 12.9. The molecule has 0 amide bonds. The SMILES string of the molecule is C[N+](C)(C)CCO.O=S(=O)(O)C(F)(F)F.[Cl-]. The molecule has 0 aliphatic rings. The third-order valence-corrected chi connectivity index (χ3v) is 1.65. The van der Waals surface area contributed by atoms with Gasteiger partial charge in [0.1, 0.15) is 6.54 Å². The van der Waals surface area contributed by atoms with Crippen molar-refractivity contribution >= 4 is 10.1 Å². The van der Waals surface area contributed by atoms with E-state index in [0.717, 1.165) is 11.0 Å². The molecule has 5 nitrogen and oxygen atoms in total. The molecule has 0 aliphatic heterocycles. The Kier molecular flexibility index (Phi) is 9.65. The van der Waals surface area contributed by atoms with Crippen molar-refractivity contribution < 1.29 is 48.1 Å². The van der Waals surface area contributed by atoms with Crippen molar-refractivity contribution in [2.24, 2.45) is 0 Å². The van der Waals surface area contributed by atoms with Gasteiger partial charge in [-0.25, -0.2) is 0 Å². The first-order valence-electron chi connectivity index (χ1n) is 3.76. The topological polar surface area (TPSA) is 74.6 Å². The summed E-state index contributed by atoms with van der Waals surface area (Å²) in [5, 5.41) is 8.39. The van der Waals surface area contributed by atoms with Crippen LogP contribution in [0, 0.1) is 0 Å². The van der Waals surface area contributed by atoms with E-state index in [-0.39, 0.29) is 19.0 Å². The number of likely N-dealkylation sites (N-methyl/N-ethyl adjacent to an activating group) is 1. The molecule has 16 heavy (non-hydrogen) atoms. The van der Waals surface area contributed by atoms with E-state index in [2.05, 4.69) is 21.1 Å². The monoisotopic (exact) mass is 289 g/mol. The van der Waals surface area contributed by atoms with Crippen molar-refractivity contribution in [2.45, 2.75) is 5.51 Å². The highest BCUT2D eigenvalue weighted by Crippen LogP contribution is 2.20. The molecule has 0 aromatic heterocycles. The Morgan fingerprint density at radius 1 is 1.19 bits per heavy atom. The number of aliphatic hydroxyl groups is 1. The van der Waals surface area contributed by atoms with E-state index in [4.69, 9.17) is 18.1 Å². The van der Waals surface area contributed by atoms with Crippen LogP contribution >= 0.6 is 0 Å². The normalized spacial score (nSPS) is 12.2. The highest BCUT2D eigenvalue weighted by Gasteiger charge is 2.44. The number of hydrogen-bond acceptors (Lipinski definition) is 3. The standard InChI is InChI=1S/C5H14NO.CHF3O3S.ClH/c1-6(2,3)4-5-7;2-1(3,4)8(5,6)7;/h7H,4-5H2,1-3H3;(H,5,6,7);1H/q+1;;/p-1. The summed E-state index contributed by atoms with van der Waals surface area (Å²) in [6.07, 6.45) is 0. The van der Waals surface area contributed by atoms with Gasteiger partial charge >= 0.3 is 15.6 Å². The molecule has 0 bridgehead atoms. The number of aliphatic hydroxyl groups excluding tert-OH is 1. The number of alkyl halides is 3. The fraction of sp³-hybridized carbons (Fsp3) is 1.00. The van der Waals surface area contributed by atoms with Crippen LogP contribution in [0.3, 0.4) is 0 Å². The molecule has 0 aromatic rings. The highest BCUT2D eigenvalue weighted by atomic mass is 35.5. The van der Waals surface area contributed by atoms with E-state index in [9.17, 15) is 13.2 Å². The summed E-state index contributed by atoms with van der Waals surface area (Å²) < 4.78 is 58.4. The first-order chi connectivity index (χ1) is 6.31. The van der Waals surface area contributed by atoms with Crippen molar-refractivity contribution in [1.29, 1.82) is 0 Å². The van der Waals surface area contributed by atoms with Crippen molar-refractivity contribution in [3.05, 3.63) is 0 Å². The molecule has 0 aliphatic carbocycles. The van der Waals surface area contributed by atoms with Gasteiger partial charge in [-0.2, -0.15) is 21.6 Å². The first-order valence-corrected chi connectivity index (χ1v) is 5.20. The maximum Gasteiger partial charge on any atom is 0.522 e. The molecule has 10 heteroatoms. The lowest BCUT2D eigenvalue weighted by atomic mass is 10.5. The molecule has 102 valence electrons. The van der Waals surface area contributed by atoms with Gasteiger partial charge in [-0.15, -0.1) is 0 Å². The number of quaternary nitrogens is 1. The Morgan fingerprint density at radius 3 is 1.44 bits per heavy atom. The number of hydrogen-bond donors (Lipinski definition) is 2. The highest BCUT2D eigenvalue weighted by molar-refractivity contribution is 7.86. The third kappa shape index (κ3) is 13.9. The minimum Gasteiger partial charge on any atom is -1.00 e. The summed E-state index contributed by atoms with van der Waals surface area (Å²) in [5.41, 5.74) is -5.53. The molecule has 0 saturated carbocycles. The molecule has 0 atom stereocenters. The minimum atomic E-state index is -5.84. The van der Waals surface area contributed by atoms with E-state index in [1.54, 1.807) is 0 Å². The van der Waals surface area contributed by atoms with Crippen molar-refractivity contribution in [3.8, 4) is 0 Å². The molecule has 0 spiro atoms. The Morgan fingerprint density at radius 2 is 1.44 bits per heavy atom. The van der Waals surface area contributed by atoms with E-state index >= 15 is 0 Å². The van der Waals surface area contributed by atoms with Gasteiger partial charge in [0.25, 0.3) is 0 Å². The van der Waals surface area contributed by atoms with Crippen LogP contribution in [0.5, 0.6) is 0 Å². The van der Waals surface area contributed by atoms with Gasteiger partial charge in [0, 0.05) is 0 Å². The lowest BCUT2D eigenvalue weighted by molar-refractivity contribution is -0.870. The van der Waals surface area contributed by atoms with Gasteiger partial charge in [0.05, 0.1) is 27.7 Å². The second-order valence-corrected chi connectivity index (χ2v) is 5.07. The summed E-state index contributed by atoms with van der Waals surface area (Å²) in [6, 6.07) is 0. The van der Waals surface area contributed by atoms with E-state index < -0.39 is 15.6 Å². The summed E-state index contributed by atoms with van der Waals surface area (Å²) >= 11 is 0. The molecular weight excluding hydrogens is 275 g/mol. The zero-order valence-corrected chi connectivity index (χ0v) is 10.6. The van der Waals surface area contributed by atoms with Crippen molar-refractivity contribution in [3.63, 3.8) is 0 Å². The van der Waals surface area contributed by atoms with Crippen LogP contribution in [-0.4, -0.2) is 62.4 Å². The van der Waals surface area contributed by atoms with Crippen LogP contribution in [0.1, 0.15) is 0 Å². The van der Waals surface area contributed by atoms with Crippen molar-refractivity contribution in [2.75, 3.05) is 34.3 Å². The Labute approximate surface area is 98.6 Å². The molecule has 0 aromatic carbocycles. The Hall–Kier alpha value is -0.0900. The van der Waals surface area contributed by atoms with E-state index in [0.29, 0.717) is 0 Å². The summed E-state index contributed by atoms with van der Waals surface area (Å²) in [4.78, 5) is 0. The molecule has 0 unspecified atom stereocenters. The fourth-order valence-corrected chi connectivity index (χ4v) is 0.300. The molecule has 0 rings (SSSR count). The molecule has 0 saturated heterocycles. The van der Waals surface area contributed by atoms with Gasteiger partial charge < -0.3 is 22.0 Å². The predicted molar refractivity (Wildman–Crippen MR) is 47.6 cm³/mol. The van der Waals surface area contributed by atoms with Gasteiger partial charge in [0.2, 0.25) is 0 Å². The third-order valence-electron chi connectivity index (χ3n) is 1.06. The average Bonchev–Trinajstić information content (AvgIpc) is 1.79. The Balaban J connectivity index is -0.000000200. The molecular formula is C6H15ClF3NO4S. The van der Waals surface area contributed by atoms with Gasteiger partial charge in [-0.1, -0.05) is 0 Å². The van der Waals surface area contributed by atoms with E-state index in [1.807, 2.05) is 0 Å². The summed E-state index contributed by atoms with van der Waals surface area (Å²) in [7, 11) is 0.315. The van der Waals surface area contributed by atoms with Crippen LogP contribution in [0.25, 0.3) is 0 Å². The predicted octanol–water partition coefficient (Wildman–Crippen LogP) is -2.92. The average molecular weight is 290 g/mol. The van der Waals surface area contributed by atoms with Crippen LogP contribution in [0.4, 0.5) is 13.2 Å². The van der Waals surface area contributed by atoms with Gasteiger partial charge in [-0.05, 0) is 0 Å². The molecule has 0 fully saturated rings. The number of halogens is 4. The van der Waals surface area contributed by atoms with Crippen LogP contribution in [0.2, 0.25) is 0 Å². The lowest BCUT2D eigenvalue weighted by Gasteiger charge is -2.21. The largest absolute Gasteiger partial charge is 1.00 e. The van der Waals surface area contributed by atoms with E-state index in [1.165, 1.54) is 0 Å². The van der Waals surface area contributed by atoms with Gasteiger partial charge in [0.15, 0.2) is 0 Å². The van der Waals surface area contributed by atoms with Crippen LogP contribution in [-0.2, 0) is 10.1 Å². The maximum atomic E-state index is 10.7. The maximum absolute atomic E-state index is 10.7. The smallest absolute Gasteiger partial charge is 0.522 e. The minimum absolute atomic E-state index is 0. The second kappa shape index (κ2) is 7.28. The Bertz CT molecular complexity index is 272. The summed E-state index contributed by atoms with van der Waals surface area (Å²) in [5.74, 6) is 0. The molecule has 2 N–H and O–H groups in total. The first kappa shape index (κ1) is 21.2. The molecule has 0 heterocycles. The number of nitrogens with zero attached hydrogens (tertiary/aromatic N) is 1. The van der Waals surface area contributed by atoms with Gasteiger partial charge in [-0.3, -0.25) is 4.55 Å². The number of rotatable bonds is 2. The zero-order valence-electron chi connectivity index (χ0n) is 8.99. The second-order valence-electron chi connectivity index (χ2n) is 3.66. The lowest BCUT2D eigenvalue weighted by Crippen LogP contribution is -3.00. The van der Waals surface area contributed by atoms with Crippen molar-refractivity contribution in [1.82, 2.24) is 0 Å². The quantitative estimate of drug-likeness (QED) is 0.325. The summed E-state index contributed by atoms with van der Waals surface area (Å²) in [6.45, 7) is 1.11.